The number of hydrogen-bond acceptors (Lipinski definition) is 4. The Balaban J connectivity index is 1.67. The Hall–Kier alpha value is -3.55. The molecule has 0 unspecified atom stereocenters. The highest BCUT2D eigenvalue weighted by Crippen LogP contribution is 2.28. The number of halogens is 2. The van der Waals surface area contributed by atoms with E-state index in [0.717, 1.165) is 0 Å². The second-order valence-electron chi connectivity index (χ2n) is 7.94. The Morgan fingerprint density at radius 1 is 1.06 bits per heavy atom. The van der Waals surface area contributed by atoms with Crippen molar-refractivity contribution in [2.45, 2.75) is 19.9 Å². The molecule has 2 amide bonds. The summed E-state index contributed by atoms with van der Waals surface area (Å²) < 4.78 is 7.12. The van der Waals surface area contributed by atoms with Gasteiger partial charge in [0, 0.05) is 29.7 Å². The van der Waals surface area contributed by atoms with Crippen LogP contribution < -0.4 is 5.32 Å². The summed E-state index contributed by atoms with van der Waals surface area (Å²) in [5, 5.41) is 8.08. The molecule has 2 aromatic heterocycles. The summed E-state index contributed by atoms with van der Waals surface area (Å²) >= 11 is 12.5. The number of aromatic nitrogens is 2. The molecular weight excluding hydrogens is 475 g/mol. The Morgan fingerprint density at radius 2 is 1.85 bits per heavy atom. The maximum Gasteiger partial charge on any atom is 0.276 e. The number of rotatable bonds is 6. The summed E-state index contributed by atoms with van der Waals surface area (Å²) in [5.74, 6) is -0.126. The molecule has 0 aliphatic heterocycles. The quantitative estimate of drug-likeness (QED) is 0.346. The molecule has 0 fully saturated rings. The lowest BCUT2D eigenvalue weighted by atomic mass is 10.1. The van der Waals surface area contributed by atoms with Gasteiger partial charge in [-0.25, -0.2) is 4.68 Å². The Kier molecular flexibility index (Phi) is 6.77. The second kappa shape index (κ2) is 9.75. The highest BCUT2D eigenvalue weighted by molar-refractivity contribution is 6.34. The normalized spacial score (nSPS) is 11.0. The molecule has 34 heavy (non-hydrogen) atoms. The molecule has 1 N–H and O–H groups in total. The molecule has 7 nitrogen and oxygen atoms in total. The highest BCUT2D eigenvalue weighted by atomic mass is 35.5. The summed E-state index contributed by atoms with van der Waals surface area (Å²) in [6.45, 7) is 3.84. The van der Waals surface area contributed by atoms with Gasteiger partial charge in [-0.15, -0.1) is 0 Å². The smallest absolute Gasteiger partial charge is 0.276 e. The van der Waals surface area contributed by atoms with Crippen LogP contribution in [0.5, 0.6) is 0 Å². The van der Waals surface area contributed by atoms with E-state index in [9.17, 15) is 9.59 Å². The number of carbonyl (C=O) groups excluding carboxylic acids is 2. The molecule has 0 saturated heterocycles. The van der Waals surface area contributed by atoms with Crippen molar-refractivity contribution in [3.63, 3.8) is 0 Å². The van der Waals surface area contributed by atoms with E-state index >= 15 is 0 Å². The lowest BCUT2D eigenvalue weighted by Crippen LogP contribution is -2.33. The third-order valence-corrected chi connectivity index (χ3v) is 5.89. The van der Waals surface area contributed by atoms with Crippen molar-refractivity contribution in [1.29, 1.82) is 0 Å². The largest absolute Gasteiger partial charge is 0.463 e. The number of benzene rings is 2. The zero-order valence-corrected chi connectivity index (χ0v) is 20.3. The van der Waals surface area contributed by atoms with Gasteiger partial charge < -0.3 is 14.6 Å². The zero-order valence-electron chi connectivity index (χ0n) is 18.8. The maximum absolute atomic E-state index is 13.1. The number of amides is 2. The zero-order chi connectivity index (χ0) is 24.4. The van der Waals surface area contributed by atoms with E-state index in [1.807, 2.05) is 19.9 Å². The molecule has 0 saturated carbocycles. The molecule has 4 aromatic rings. The highest BCUT2D eigenvalue weighted by Gasteiger charge is 2.21. The molecular formula is C25H22Cl2N4O3. The van der Waals surface area contributed by atoms with Crippen LogP contribution in [-0.2, 0) is 0 Å². The van der Waals surface area contributed by atoms with Crippen LogP contribution in [0, 0.1) is 0 Å². The van der Waals surface area contributed by atoms with Gasteiger partial charge in [0.05, 0.1) is 22.7 Å². The van der Waals surface area contributed by atoms with E-state index in [-0.39, 0.29) is 17.6 Å². The van der Waals surface area contributed by atoms with Gasteiger partial charge in [0.1, 0.15) is 5.69 Å². The van der Waals surface area contributed by atoms with Crippen LogP contribution in [0.15, 0.2) is 71.3 Å². The van der Waals surface area contributed by atoms with E-state index in [2.05, 4.69) is 10.4 Å². The van der Waals surface area contributed by atoms with Gasteiger partial charge in [-0.05, 0) is 62.4 Å². The van der Waals surface area contributed by atoms with E-state index in [1.54, 1.807) is 77.5 Å². The van der Waals surface area contributed by atoms with Crippen LogP contribution in [0.25, 0.3) is 17.1 Å². The molecule has 0 bridgehead atoms. The minimum atomic E-state index is -0.489. The third kappa shape index (κ3) is 4.85. The SMILES string of the molecule is CC(C)N(C)C(=O)c1ccc(Cl)c(NC(=O)c2cc(-c3ccco3)n(-c3cccc(Cl)c3)n2)c1. The van der Waals surface area contributed by atoms with Gasteiger partial charge in [0.15, 0.2) is 11.5 Å². The van der Waals surface area contributed by atoms with Crippen LogP contribution in [0.2, 0.25) is 10.0 Å². The third-order valence-electron chi connectivity index (χ3n) is 5.32. The van der Waals surface area contributed by atoms with Gasteiger partial charge in [-0.3, -0.25) is 9.59 Å². The van der Waals surface area contributed by atoms with E-state index in [0.29, 0.717) is 38.4 Å². The molecule has 0 spiro atoms. The average molecular weight is 497 g/mol. The van der Waals surface area contributed by atoms with Crippen molar-refractivity contribution >= 4 is 40.7 Å². The number of nitrogens with zero attached hydrogens (tertiary/aromatic N) is 3. The number of nitrogens with one attached hydrogen (secondary N) is 1. The molecule has 0 aliphatic carbocycles. The van der Waals surface area contributed by atoms with Crippen LogP contribution >= 0.6 is 23.2 Å². The first-order valence-corrected chi connectivity index (χ1v) is 11.3. The van der Waals surface area contributed by atoms with Gasteiger partial charge in [0.2, 0.25) is 0 Å². The lowest BCUT2D eigenvalue weighted by Gasteiger charge is -2.21. The monoisotopic (exact) mass is 496 g/mol. The van der Waals surface area contributed by atoms with Gasteiger partial charge in [-0.2, -0.15) is 5.10 Å². The maximum atomic E-state index is 13.1. The van der Waals surface area contributed by atoms with Crippen molar-refractivity contribution in [2.75, 3.05) is 12.4 Å². The first-order valence-electron chi connectivity index (χ1n) is 10.5. The summed E-state index contributed by atoms with van der Waals surface area (Å²) in [4.78, 5) is 27.4. The Labute approximate surface area is 206 Å². The molecule has 9 heteroatoms. The number of hydrogen-bond donors (Lipinski definition) is 1. The van der Waals surface area contributed by atoms with Crippen LogP contribution in [0.4, 0.5) is 5.69 Å². The summed E-state index contributed by atoms with van der Waals surface area (Å²) in [5.41, 5.74) is 2.10. The fraction of sp³-hybridized carbons (Fsp3) is 0.160. The molecule has 0 aliphatic rings. The van der Waals surface area contributed by atoms with Crippen molar-refractivity contribution in [2.24, 2.45) is 0 Å². The van der Waals surface area contributed by atoms with Gasteiger partial charge >= 0.3 is 0 Å². The fourth-order valence-electron chi connectivity index (χ4n) is 3.28. The van der Waals surface area contributed by atoms with Crippen molar-refractivity contribution in [3.8, 4) is 17.1 Å². The predicted octanol–water partition coefficient (Wildman–Crippen LogP) is 6.17. The lowest BCUT2D eigenvalue weighted by molar-refractivity contribution is 0.0754. The molecule has 2 heterocycles. The fourth-order valence-corrected chi connectivity index (χ4v) is 3.62. The standard InChI is InChI=1S/C25H22Cl2N4O3/c1-15(2)30(3)25(33)16-9-10-19(27)20(12-16)28-24(32)21-14-22(23-8-5-11-34-23)31(29-21)18-7-4-6-17(26)13-18/h4-15H,1-3H3,(H,28,32). The van der Waals surface area contributed by atoms with Crippen LogP contribution in [0.1, 0.15) is 34.7 Å². The minimum absolute atomic E-state index is 0.0247. The number of furan rings is 1. The summed E-state index contributed by atoms with van der Waals surface area (Å²) in [6.07, 6.45) is 1.54. The first-order chi connectivity index (χ1) is 16.2. The van der Waals surface area contributed by atoms with Crippen molar-refractivity contribution in [1.82, 2.24) is 14.7 Å². The summed E-state index contributed by atoms with van der Waals surface area (Å²) in [6, 6.07) is 17.0. The van der Waals surface area contributed by atoms with Gasteiger partial charge in [-0.1, -0.05) is 29.3 Å². The Morgan fingerprint density at radius 3 is 2.53 bits per heavy atom. The minimum Gasteiger partial charge on any atom is -0.463 e. The second-order valence-corrected chi connectivity index (χ2v) is 8.79. The molecule has 4 rings (SSSR count). The molecule has 0 radical (unpaired) electrons. The number of anilines is 1. The molecule has 2 aromatic carbocycles. The van der Waals surface area contributed by atoms with E-state index in [1.165, 1.54) is 0 Å². The van der Waals surface area contributed by atoms with Gasteiger partial charge in [0.25, 0.3) is 11.8 Å². The van der Waals surface area contributed by atoms with E-state index in [4.69, 9.17) is 27.6 Å². The first kappa shape index (κ1) is 23.6. The Bertz CT molecular complexity index is 1350. The van der Waals surface area contributed by atoms with Crippen LogP contribution in [0.3, 0.4) is 0 Å². The van der Waals surface area contributed by atoms with Crippen LogP contribution in [-0.4, -0.2) is 39.6 Å². The van der Waals surface area contributed by atoms with Crippen molar-refractivity contribution < 1.29 is 14.0 Å². The predicted molar refractivity (Wildman–Crippen MR) is 133 cm³/mol. The topological polar surface area (TPSA) is 80.4 Å². The average Bonchev–Trinajstić information content (AvgIpc) is 3.49. The molecule has 174 valence electrons. The molecule has 0 atom stereocenters. The number of carbonyl (C=O) groups is 2. The summed E-state index contributed by atoms with van der Waals surface area (Å²) in [7, 11) is 1.72. The van der Waals surface area contributed by atoms with E-state index < -0.39 is 5.91 Å². The van der Waals surface area contributed by atoms with Crippen molar-refractivity contribution in [3.05, 3.63) is 88.2 Å².